The highest BCUT2D eigenvalue weighted by Gasteiger charge is 2.46. The molecule has 0 saturated carbocycles. The van der Waals surface area contributed by atoms with E-state index in [-0.39, 0.29) is 31.4 Å². The smallest absolute Gasteiger partial charge is 0.239 e. The number of hydrogen-bond acceptors (Lipinski definition) is 3. The van der Waals surface area contributed by atoms with Crippen molar-refractivity contribution in [2.24, 2.45) is 11.1 Å². The summed E-state index contributed by atoms with van der Waals surface area (Å²) >= 11 is 0. The average Bonchev–Trinajstić information content (AvgIpc) is 2.30. The van der Waals surface area contributed by atoms with Crippen LogP contribution in [0.5, 0.6) is 0 Å². The van der Waals surface area contributed by atoms with Crippen molar-refractivity contribution < 1.29 is 18.3 Å². The minimum absolute atomic E-state index is 0.0975. The van der Waals surface area contributed by atoms with E-state index in [1.807, 2.05) is 0 Å². The number of hydrogen-bond donors (Lipinski definition) is 1. The van der Waals surface area contributed by atoms with Gasteiger partial charge in [-0.15, -0.1) is 0 Å². The van der Waals surface area contributed by atoms with Crippen LogP contribution in [0.2, 0.25) is 0 Å². The summed E-state index contributed by atoms with van der Waals surface area (Å²) in [5.74, 6) is -1.61. The second-order valence-corrected chi connectivity index (χ2v) is 4.44. The first-order chi connectivity index (χ1) is 8.50. The lowest BCUT2D eigenvalue weighted by Gasteiger charge is -2.41. The summed E-state index contributed by atoms with van der Waals surface area (Å²) in [4.78, 5) is 13.3. The molecule has 1 aliphatic heterocycles. The normalized spacial score (nSPS) is 17.1. The molecule has 1 aromatic carbocycles. The third-order valence-electron chi connectivity index (χ3n) is 3.18. The zero-order valence-electron chi connectivity index (χ0n) is 9.95. The van der Waals surface area contributed by atoms with E-state index in [4.69, 9.17) is 10.5 Å². The molecule has 1 amide bonds. The Kier molecular flexibility index (Phi) is 3.32. The Labute approximate surface area is 103 Å². The molecular weight excluding hydrogens is 242 g/mol. The van der Waals surface area contributed by atoms with Gasteiger partial charge in [-0.1, -0.05) is 0 Å². The average molecular weight is 256 g/mol. The standard InChI is InChI=1S/C12H14F2N2O2/c1-16(10-4-8(13)2-3-9(10)14)11(17)12(5-15)6-18-7-12/h2-4H,5-7,15H2,1H3. The third kappa shape index (κ3) is 1.97. The van der Waals surface area contributed by atoms with Gasteiger partial charge in [0.25, 0.3) is 0 Å². The van der Waals surface area contributed by atoms with Crippen molar-refractivity contribution in [3.8, 4) is 0 Å². The highest BCUT2D eigenvalue weighted by molar-refractivity contribution is 5.98. The van der Waals surface area contributed by atoms with E-state index in [1.165, 1.54) is 7.05 Å². The molecule has 0 radical (unpaired) electrons. The second kappa shape index (κ2) is 4.62. The summed E-state index contributed by atoms with van der Waals surface area (Å²) in [7, 11) is 1.40. The van der Waals surface area contributed by atoms with E-state index in [2.05, 4.69) is 0 Å². The van der Waals surface area contributed by atoms with Crippen molar-refractivity contribution in [1.82, 2.24) is 0 Å². The quantitative estimate of drug-likeness (QED) is 0.874. The maximum Gasteiger partial charge on any atom is 0.239 e. The van der Waals surface area contributed by atoms with Gasteiger partial charge < -0.3 is 15.4 Å². The lowest BCUT2D eigenvalue weighted by atomic mass is 9.84. The van der Waals surface area contributed by atoms with Gasteiger partial charge in [0.2, 0.25) is 5.91 Å². The monoisotopic (exact) mass is 256 g/mol. The number of carbonyl (C=O) groups is 1. The molecule has 6 heteroatoms. The fourth-order valence-corrected chi connectivity index (χ4v) is 1.89. The summed E-state index contributed by atoms with van der Waals surface area (Å²) in [6, 6.07) is 2.97. The molecule has 1 aliphatic rings. The molecule has 1 aromatic rings. The largest absolute Gasteiger partial charge is 0.379 e. The summed E-state index contributed by atoms with van der Waals surface area (Å²) in [5, 5.41) is 0. The van der Waals surface area contributed by atoms with E-state index in [1.54, 1.807) is 0 Å². The van der Waals surface area contributed by atoms with E-state index in [9.17, 15) is 13.6 Å². The SMILES string of the molecule is CN(C(=O)C1(CN)COC1)c1cc(F)ccc1F. The Bertz CT molecular complexity index is 470. The van der Waals surface area contributed by atoms with E-state index in [0.717, 1.165) is 23.1 Å². The third-order valence-corrected chi connectivity index (χ3v) is 3.18. The Hall–Kier alpha value is -1.53. The van der Waals surface area contributed by atoms with Gasteiger partial charge in [0, 0.05) is 19.7 Å². The van der Waals surface area contributed by atoms with Crippen LogP contribution >= 0.6 is 0 Å². The minimum Gasteiger partial charge on any atom is -0.379 e. The van der Waals surface area contributed by atoms with Gasteiger partial charge in [-0.05, 0) is 12.1 Å². The van der Waals surface area contributed by atoms with Crippen LogP contribution in [-0.4, -0.2) is 32.7 Å². The van der Waals surface area contributed by atoms with Crippen molar-refractivity contribution in [2.45, 2.75) is 0 Å². The fraction of sp³-hybridized carbons (Fsp3) is 0.417. The molecule has 4 nitrogen and oxygen atoms in total. The van der Waals surface area contributed by atoms with Crippen LogP contribution in [0.4, 0.5) is 14.5 Å². The van der Waals surface area contributed by atoms with Crippen LogP contribution in [0.1, 0.15) is 0 Å². The van der Waals surface area contributed by atoms with Crippen molar-refractivity contribution in [2.75, 3.05) is 31.7 Å². The Balaban J connectivity index is 2.28. The number of nitrogens with two attached hydrogens (primary N) is 1. The zero-order valence-corrected chi connectivity index (χ0v) is 9.95. The van der Waals surface area contributed by atoms with Crippen LogP contribution in [0, 0.1) is 17.0 Å². The van der Waals surface area contributed by atoms with Gasteiger partial charge in [-0.3, -0.25) is 4.79 Å². The summed E-state index contributed by atoms with van der Waals surface area (Å²) < 4.78 is 31.7. The van der Waals surface area contributed by atoms with Crippen LogP contribution < -0.4 is 10.6 Å². The highest BCUT2D eigenvalue weighted by Crippen LogP contribution is 2.31. The van der Waals surface area contributed by atoms with Gasteiger partial charge in [-0.25, -0.2) is 8.78 Å². The minimum atomic E-state index is -0.812. The van der Waals surface area contributed by atoms with Gasteiger partial charge in [0.05, 0.1) is 18.9 Å². The molecular formula is C12H14F2N2O2. The van der Waals surface area contributed by atoms with E-state index >= 15 is 0 Å². The number of nitrogens with zero attached hydrogens (tertiary/aromatic N) is 1. The van der Waals surface area contributed by atoms with Gasteiger partial charge >= 0.3 is 0 Å². The highest BCUT2D eigenvalue weighted by atomic mass is 19.1. The Morgan fingerprint density at radius 1 is 1.50 bits per heavy atom. The van der Waals surface area contributed by atoms with Crippen molar-refractivity contribution in [1.29, 1.82) is 0 Å². The molecule has 1 saturated heterocycles. The van der Waals surface area contributed by atoms with E-state index in [0.29, 0.717) is 0 Å². The fourth-order valence-electron chi connectivity index (χ4n) is 1.89. The summed E-state index contributed by atoms with van der Waals surface area (Å²) in [6.07, 6.45) is 0. The van der Waals surface area contributed by atoms with Gasteiger partial charge in [0.15, 0.2) is 0 Å². The van der Waals surface area contributed by atoms with Crippen LogP contribution in [-0.2, 0) is 9.53 Å². The number of benzene rings is 1. The first-order valence-corrected chi connectivity index (χ1v) is 5.51. The molecule has 0 spiro atoms. The molecule has 1 heterocycles. The molecule has 0 bridgehead atoms. The zero-order chi connectivity index (χ0) is 13.3. The lowest BCUT2D eigenvalue weighted by Crippen LogP contribution is -2.58. The summed E-state index contributed by atoms with van der Waals surface area (Å²) in [5.41, 5.74) is 4.65. The lowest BCUT2D eigenvalue weighted by molar-refractivity contribution is -0.156. The molecule has 1 fully saturated rings. The molecule has 0 aliphatic carbocycles. The molecule has 2 N–H and O–H groups in total. The number of carbonyl (C=O) groups excluding carboxylic acids is 1. The Morgan fingerprint density at radius 3 is 2.67 bits per heavy atom. The van der Waals surface area contributed by atoms with Crippen LogP contribution in [0.15, 0.2) is 18.2 Å². The number of anilines is 1. The Morgan fingerprint density at radius 2 is 2.17 bits per heavy atom. The van der Waals surface area contributed by atoms with Crippen LogP contribution in [0.3, 0.4) is 0 Å². The van der Waals surface area contributed by atoms with E-state index < -0.39 is 17.0 Å². The summed E-state index contributed by atoms with van der Waals surface area (Å²) in [6.45, 7) is 0.542. The second-order valence-electron chi connectivity index (χ2n) is 4.44. The van der Waals surface area contributed by atoms with Gasteiger partial charge in [-0.2, -0.15) is 0 Å². The molecule has 18 heavy (non-hydrogen) atoms. The van der Waals surface area contributed by atoms with Crippen molar-refractivity contribution >= 4 is 11.6 Å². The molecule has 0 unspecified atom stereocenters. The number of rotatable bonds is 3. The molecule has 0 aromatic heterocycles. The predicted molar refractivity (Wildman–Crippen MR) is 62.1 cm³/mol. The first kappa shape index (κ1) is 12.9. The molecule has 0 atom stereocenters. The maximum absolute atomic E-state index is 13.6. The maximum atomic E-state index is 13.6. The number of amides is 1. The van der Waals surface area contributed by atoms with Gasteiger partial charge in [0.1, 0.15) is 17.0 Å². The number of halogens is 2. The molecule has 2 rings (SSSR count). The molecule has 98 valence electrons. The van der Waals surface area contributed by atoms with Crippen molar-refractivity contribution in [3.63, 3.8) is 0 Å². The van der Waals surface area contributed by atoms with Crippen LogP contribution in [0.25, 0.3) is 0 Å². The predicted octanol–water partition coefficient (Wildman–Crippen LogP) is 0.903. The van der Waals surface area contributed by atoms with Crippen molar-refractivity contribution in [3.05, 3.63) is 29.8 Å². The first-order valence-electron chi connectivity index (χ1n) is 5.51. The number of ether oxygens (including phenoxy) is 1. The topological polar surface area (TPSA) is 55.6 Å².